The van der Waals surface area contributed by atoms with Gasteiger partial charge in [-0.05, 0) is 36.8 Å². The van der Waals surface area contributed by atoms with Gasteiger partial charge < -0.3 is 10.1 Å². The van der Waals surface area contributed by atoms with E-state index in [1.165, 1.54) is 0 Å². The van der Waals surface area contributed by atoms with Gasteiger partial charge in [0, 0.05) is 12.1 Å². The molecule has 21 heavy (non-hydrogen) atoms. The molecule has 0 aliphatic heterocycles. The van der Waals surface area contributed by atoms with E-state index in [0.717, 1.165) is 11.3 Å². The minimum Gasteiger partial charge on any atom is -0.494 e. The van der Waals surface area contributed by atoms with Crippen LogP contribution in [-0.2, 0) is 0 Å². The first-order chi connectivity index (χ1) is 10.3. The molecule has 2 aromatic carbocycles. The van der Waals surface area contributed by atoms with Crippen LogP contribution < -0.4 is 10.1 Å². The first-order valence-electron chi connectivity index (χ1n) is 7.02. The maximum atomic E-state index is 11.9. The highest BCUT2D eigenvalue weighted by atomic mass is 16.5. The zero-order valence-electron chi connectivity index (χ0n) is 12.1. The number of carbonyl (C=O) groups excluding carboxylic acids is 1. The minimum absolute atomic E-state index is 0.0873. The zero-order valence-corrected chi connectivity index (χ0v) is 12.1. The van der Waals surface area contributed by atoms with Crippen LogP contribution in [0, 0.1) is 0 Å². The van der Waals surface area contributed by atoms with Crippen LogP contribution in [0.15, 0.2) is 60.7 Å². The zero-order chi connectivity index (χ0) is 14.9. The Hall–Kier alpha value is -2.55. The van der Waals surface area contributed by atoms with E-state index in [0.29, 0.717) is 18.7 Å². The second kappa shape index (κ2) is 7.90. The fourth-order valence-corrected chi connectivity index (χ4v) is 1.88. The molecule has 0 saturated carbocycles. The van der Waals surface area contributed by atoms with E-state index in [9.17, 15) is 4.79 Å². The number of nitrogens with one attached hydrogen (secondary N) is 1. The highest BCUT2D eigenvalue weighted by Crippen LogP contribution is 2.11. The highest BCUT2D eigenvalue weighted by molar-refractivity contribution is 5.94. The Bertz CT molecular complexity index is 588. The minimum atomic E-state index is -0.0873. The molecule has 0 aliphatic rings. The molecule has 2 rings (SSSR count). The molecule has 1 amide bonds. The van der Waals surface area contributed by atoms with Gasteiger partial charge in [-0.2, -0.15) is 0 Å². The van der Waals surface area contributed by atoms with Gasteiger partial charge in [0.05, 0.1) is 6.61 Å². The maximum Gasteiger partial charge on any atom is 0.251 e. The second-order valence-corrected chi connectivity index (χ2v) is 4.48. The van der Waals surface area contributed by atoms with E-state index in [4.69, 9.17) is 4.74 Å². The van der Waals surface area contributed by atoms with Gasteiger partial charge in [-0.1, -0.05) is 42.5 Å². The molecule has 0 saturated heterocycles. The largest absolute Gasteiger partial charge is 0.494 e. The van der Waals surface area contributed by atoms with Crippen LogP contribution in [-0.4, -0.2) is 19.1 Å². The lowest BCUT2D eigenvalue weighted by molar-refractivity contribution is 0.0958. The van der Waals surface area contributed by atoms with Crippen LogP contribution in [0.4, 0.5) is 0 Å². The fourth-order valence-electron chi connectivity index (χ4n) is 1.88. The summed E-state index contributed by atoms with van der Waals surface area (Å²) in [5.41, 5.74) is 1.75. The summed E-state index contributed by atoms with van der Waals surface area (Å²) in [6.45, 7) is 3.05. The van der Waals surface area contributed by atoms with Gasteiger partial charge in [-0.15, -0.1) is 0 Å². The van der Waals surface area contributed by atoms with Gasteiger partial charge >= 0.3 is 0 Å². The standard InChI is InChI=1S/C18H19NO2/c1-2-21-17-12-10-16(11-13-17)18(20)19-14-6-9-15-7-4-3-5-8-15/h3-13H,2,14H2,1H3,(H,19,20)/b9-6+. The number of ether oxygens (including phenoxy) is 1. The Balaban J connectivity index is 1.83. The average Bonchev–Trinajstić information content (AvgIpc) is 2.53. The maximum absolute atomic E-state index is 11.9. The highest BCUT2D eigenvalue weighted by Gasteiger charge is 2.03. The molecule has 3 nitrogen and oxygen atoms in total. The van der Waals surface area contributed by atoms with Crippen molar-refractivity contribution in [1.29, 1.82) is 0 Å². The molecule has 0 fully saturated rings. The summed E-state index contributed by atoms with van der Waals surface area (Å²) < 4.78 is 5.35. The van der Waals surface area contributed by atoms with Crippen molar-refractivity contribution in [1.82, 2.24) is 5.32 Å². The van der Waals surface area contributed by atoms with Crippen molar-refractivity contribution >= 4 is 12.0 Å². The first kappa shape index (κ1) is 14.9. The number of amides is 1. The summed E-state index contributed by atoms with van der Waals surface area (Å²) >= 11 is 0. The van der Waals surface area contributed by atoms with Gasteiger partial charge in [-0.3, -0.25) is 4.79 Å². The van der Waals surface area contributed by atoms with Gasteiger partial charge in [0.25, 0.3) is 5.91 Å². The third-order valence-electron chi connectivity index (χ3n) is 2.92. The molecule has 0 aromatic heterocycles. The van der Waals surface area contributed by atoms with Crippen molar-refractivity contribution in [2.45, 2.75) is 6.92 Å². The summed E-state index contributed by atoms with van der Waals surface area (Å²) in [5, 5.41) is 2.85. The van der Waals surface area contributed by atoms with Crippen LogP contribution in [0.5, 0.6) is 5.75 Å². The Kier molecular flexibility index (Phi) is 5.59. The Morgan fingerprint density at radius 3 is 2.48 bits per heavy atom. The predicted molar refractivity (Wildman–Crippen MR) is 85.4 cm³/mol. The smallest absolute Gasteiger partial charge is 0.251 e. The lowest BCUT2D eigenvalue weighted by Gasteiger charge is -2.05. The van der Waals surface area contributed by atoms with Gasteiger partial charge in [-0.25, -0.2) is 0 Å². The van der Waals surface area contributed by atoms with Crippen molar-refractivity contribution < 1.29 is 9.53 Å². The molecule has 2 aromatic rings. The SMILES string of the molecule is CCOc1ccc(C(=O)NC/C=C/c2ccccc2)cc1. The Morgan fingerprint density at radius 2 is 1.81 bits per heavy atom. The molecule has 1 N–H and O–H groups in total. The van der Waals surface area contributed by atoms with Crippen LogP contribution in [0.3, 0.4) is 0 Å². The molecule has 0 heterocycles. The summed E-state index contributed by atoms with van der Waals surface area (Å²) in [5.74, 6) is 0.689. The Morgan fingerprint density at radius 1 is 1.10 bits per heavy atom. The van der Waals surface area contributed by atoms with Crippen molar-refractivity contribution in [3.05, 3.63) is 71.8 Å². The van der Waals surface area contributed by atoms with Crippen molar-refractivity contribution in [2.75, 3.05) is 13.2 Å². The third kappa shape index (κ3) is 4.80. The van der Waals surface area contributed by atoms with Crippen LogP contribution in [0.2, 0.25) is 0 Å². The lowest BCUT2D eigenvalue weighted by atomic mass is 10.2. The summed E-state index contributed by atoms with van der Waals surface area (Å²) in [6.07, 6.45) is 3.92. The summed E-state index contributed by atoms with van der Waals surface area (Å²) in [4.78, 5) is 11.9. The van der Waals surface area contributed by atoms with E-state index in [1.54, 1.807) is 24.3 Å². The molecular formula is C18H19NO2. The van der Waals surface area contributed by atoms with Gasteiger partial charge in [0.15, 0.2) is 0 Å². The normalized spacial score (nSPS) is 10.5. The molecule has 0 atom stereocenters. The molecule has 0 unspecified atom stereocenters. The second-order valence-electron chi connectivity index (χ2n) is 4.48. The van der Waals surface area contributed by atoms with Gasteiger partial charge in [0.2, 0.25) is 0 Å². The van der Waals surface area contributed by atoms with Crippen molar-refractivity contribution in [3.63, 3.8) is 0 Å². The fraction of sp³-hybridized carbons (Fsp3) is 0.167. The van der Waals surface area contributed by atoms with Gasteiger partial charge in [0.1, 0.15) is 5.75 Å². The summed E-state index contributed by atoms with van der Waals surface area (Å²) in [7, 11) is 0. The average molecular weight is 281 g/mol. The molecule has 108 valence electrons. The Labute approximate surface area is 125 Å². The quantitative estimate of drug-likeness (QED) is 0.879. The number of carbonyl (C=O) groups is 1. The van der Waals surface area contributed by atoms with Crippen LogP contribution in [0.1, 0.15) is 22.8 Å². The monoisotopic (exact) mass is 281 g/mol. The van der Waals surface area contributed by atoms with E-state index in [2.05, 4.69) is 5.32 Å². The molecule has 0 bridgehead atoms. The molecule has 0 aliphatic carbocycles. The van der Waals surface area contributed by atoms with E-state index < -0.39 is 0 Å². The predicted octanol–water partition coefficient (Wildman–Crippen LogP) is 3.53. The number of rotatable bonds is 6. The lowest BCUT2D eigenvalue weighted by Crippen LogP contribution is -2.23. The molecular weight excluding hydrogens is 262 g/mol. The van der Waals surface area contributed by atoms with E-state index in [-0.39, 0.29) is 5.91 Å². The molecule has 0 radical (unpaired) electrons. The number of benzene rings is 2. The third-order valence-corrected chi connectivity index (χ3v) is 2.92. The summed E-state index contributed by atoms with van der Waals surface area (Å²) in [6, 6.07) is 17.1. The number of hydrogen-bond acceptors (Lipinski definition) is 2. The van der Waals surface area contributed by atoms with E-state index in [1.807, 2.05) is 49.4 Å². The van der Waals surface area contributed by atoms with Crippen LogP contribution in [0.25, 0.3) is 6.08 Å². The number of hydrogen-bond donors (Lipinski definition) is 1. The van der Waals surface area contributed by atoms with Crippen molar-refractivity contribution in [2.24, 2.45) is 0 Å². The molecule has 0 spiro atoms. The van der Waals surface area contributed by atoms with Crippen LogP contribution >= 0.6 is 0 Å². The molecule has 3 heteroatoms. The van der Waals surface area contributed by atoms with E-state index >= 15 is 0 Å². The van der Waals surface area contributed by atoms with Crippen molar-refractivity contribution in [3.8, 4) is 5.75 Å². The first-order valence-corrected chi connectivity index (χ1v) is 7.02. The topological polar surface area (TPSA) is 38.3 Å².